The Kier molecular flexibility index (Phi) is 5.68. The zero-order valence-corrected chi connectivity index (χ0v) is 13.5. The molecule has 0 aliphatic carbocycles. The Hall–Kier alpha value is -3.15. The molecule has 124 valence electrons. The van der Waals surface area contributed by atoms with Crippen LogP contribution < -0.4 is 4.74 Å². The predicted molar refractivity (Wildman–Crippen MR) is 90.6 cm³/mol. The molecule has 6 heteroatoms. The first-order chi connectivity index (χ1) is 11.5. The van der Waals surface area contributed by atoms with Crippen molar-refractivity contribution in [2.45, 2.75) is 6.42 Å². The van der Waals surface area contributed by atoms with Gasteiger partial charge in [0.15, 0.2) is 23.1 Å². The van der Waals surface area contributed by atoms with Crippen LogP contribution in [-0.4, -0.2) is 33.6 Å². The van der Waals surface area contributed by atoms with Crippen molar-refractivity contribution in [3.63, 3.8) is 0 Å². The second-order valence-electron chi connectivity index (χ2n) is 5.15. The van der Waals surface area contributed by atoms with Crippen LogP contribution in [0.4, 0.5) is 0 Å². The number of aryl methyl sites for hydroxylation is 1. The Morgan fingerprint density at radius 1 is 1.21 bits per heavy atom. The van der Waals surface area contributed by atoms with E-state index in [-0.39, 0.29) is 23.7 Å². The van der Waals surface area contributed by atoms with Gasteiger partial charge in [0.2, 0.25) is 0 Å². The Morgan fingerprint density at radius 3 is 2.46 bits per heavy atom. The van der Waals surface area contributed by atoms with Crippen molar-refractivity contribution in [1.82, 2.24) is 9.78 Å². The highest BCUT2D eigenvalue weighted by Gasteiger charge is 2.05. The van der Waals surface area contributed by atoms with Gasteiger partial charge >= 0.3 is 0 Å². The maximum absolute atomic E-state index is 11.8. The van der Waals surface area contributed by atoms with E-state index in [0.29, 0.717) is 11.3 Å². The number of allylic oxidation sites excluding steroid dienone is 2. The summed E-state index contributed by atoms with van der Waals surface area (Å²) in [6.07, 6.45) is 9.09. The van der Waals surface area contributed by atoms with Gasteiger partial charge < -0.3 is 9.84 Å². The molecule has 0 saturated carbocycles. The summed E-state index contributed by atoms with van der Waals surface area (Å²) in [5.41, 5.74) is 1.49. The van der Waals surface area contributed by atoms with Crippen molar-refractivity contribution in [2.24, 2.45) is 7.05 Å². The molecule has 0 radical (unpaired) electrons. The maximum Gasteiger partial charge on any atom is 0.163 e. The van der Waals surface area contributed by atoms with Gasteiger partial charge in [0, 0.05) is 18.8 Å². The van der Waals surface area contributed by atoms with E-state index < -0.39 is 0 Å². The molecule has 0 bridgehead atoms. The van der Waals surface area contributed by atoms with Gasteiger partial charge in [0.05, 0.1) is 19.7 Å². The quantitative estimate of drug-likeness (QED) is 0.624. The molecule has 0 unspecified atom stereocenters. The Bertz CT molecular complexity index is 803. The van der Waals surface area contributed by atoms with Gasteiger partial charge in [-0.05, 0) is 35.9 Å². The normalized spacial score (nSPS) is 11.2. The SMILES string of the molecule is COc1cc(/C=C/C(=O)CC(=O)/C=C/c2cnn(C)c2)ccc1O. The summed E-state index contributed by atoms with van der Waals surface area (Å²) in [7, 11) is 3.23. The molecule has 0 fully saturated rings. The van der Waals surface area contributed by atoms with Crippen LogP contribution in [-0.2, 0) is 16.6 Å². The minimum atomic E-state index is -0.303. The molecule has 1 heterocycles. The Morgan fingerprint density at radius 2 is 1.88 bits per heavy atom. The fourth-order valence-corrected chi connectivity index (χ4v) is 1.99. The molecule has 1 aromatic heterocycles. The Balaban J connectivity index is 1.92. The first-order valence-corrected chi connectivity index (χ1v) is 7.25. The minimum absolute atomic E-state index is 0.0247. The molecule has 0 aliphatic heterocycles. The number of aromatic hydroxyl groups is 1. The summed E-state index contributed by atoms with van der Waals surface area (Å²) in [6.45, 7) is 0. The average Bonchev–Trinajstić information content (AvgIpc) is 2.97. The summed E-state index contributed by atoms with van der Waals surface area (Å²) in [5.74, 6) is -0.239. The summed E-state index contributed by atoms with van der Waals surface area (Å²) < 4.78 is 6.62. The van der Waals surface area contributed by atoms with Crippen LogP contribution in [0.1, 0.15) is 17.5 Å². The molecule has 0 atom stereocenters. The summed E-state index contributed by atoms with van der Waals surface area (Å²) in [6, 6.07) is 4.72. The van der Waals surface area contributed by atoms with Crippen LogP contribution in [0.2, 0.25) is 0 Å². The lowest BCUT2D eigenvalue weighted by Crippen LogP contribution is -2.01. The number of methoxy groups -OCH3 is 1. The number of ketones is 2. The molecule has 1 aromatic carbocycles. The van der Waals surface area contributed by atoms with Crippen LogP contribution in [0.15, 0.2) is 42.7 Å². The summed E-state index contributed by atoms with van der Waals surface area (Å²) in [4.78, 5) is 23.6. The van der Waals surface area contributed by atoms with Crippen molar-refractivity contribution in [2.75, 3.05) is 7.11 Å². The fourth-order valence-electron chi connectivity index (χ4n) is 1.99. The first kappa shape index (κ1) is 17.2. The van der Waals surface area contributed by atoms with Crippen LogP contribution in [0, 0.1) is 0 Å². The van der Waals surface area contributed by atoms with E-state index in [1.54, 1.807) is 48.4 Å². The molecule has 0 spiro atoms. The highest BCUT2D eigenvalue weighted by Crippen LogP contribution is 2.26. The number of hydrogen-bond donors (Lipinski definition) is 1. The number of carbonyl (C=O) groups is 2. The zero-order valence-electron chi connectivity index (χ0n) is 13.5. The van der Waals surface area contributed by atoms with Gasteiger partial charge in [-0.1, -0.05) is 12.1 Å². The summed E-state index contributed by atoms with van der Waals surface area (Å²) >= 11 is 0. The molecule has 2 aromatic rings. The number of carbonyl (C=O) groups excluding carboxylic acids is 2. The van der Waals surface area contributed by atoms with E-state index in [1.165, 1.54) is 25.3 Å². The van der Waals surface area contributed by atoms with Gasteiger partial charge in [-0.2, -0.15) is 5.10 Å². The molecule has 2 rings (SSSR count). The van der Waals surface area contributed by atoms with Gasteiger partial charge in [-0.3, -0.25) is 14.3 Å². The maximum atomic E-state index is 11.8. The average molecular weight is 326 g/mol. The van der Waals surface area contributed by atoms with E-state index in [1.807, 2.05) is 0 Å². The van der Waals surface area contributed by atoms with E-state index in [0.717, 1.165) is 5.56 Å². The smallest absolute Gasteiger partial charge is 0.163 e. The van der Waals surface area contributed by atoms with Crippen LogP contribution in [0.3, 0.4) is 0 Å². The Labute approximate surface area is 139 Å². The fraction of sp³-hybridized carbons (Fsp3) is 0.167. The molecule has 24 heavy (non-hydrogen) atoms. The molecular formula is C18H18N2O4. The lowest BCUT2D eigenvalue weighted by Gasteiger charge is -2.03. The van der Waals surface area contributed by atoms with Crippen LogP contribution in [0.5, 0.6) is 11.5 Å². The molecule has 6 nitrogen and oxygen atoms in total. The van der Waals surface area contributed by atoms with E-state index in [4.69, 9.17) is 4.74 Å². The number of benzene rings is 1. The third-order valence-electron chi connectivity index (χ3n) is 3.20. The first-order valence-electron chi connectivity index (χ1n) is 7.25. The zero-order chi connectivity index (χ0) is 17.5. The molecule has 1 N–H and O–H groups in total. The number of rotatable bonds is 7. The lowest BCUT2D eigenvalue weighted by atomic mass is 10.1. The van der Waals surface area contributed by atoms with Crippen molar-refractivity contribution in [1.29, 1.82) is 0 Å². The molecular weight excluding hydrogens is 308 g/mol. The second kappa shape index (κ2) is 7.92. The van der Waals surface area contributed by atoms with Crippen molar-refractivity contribution < 1.29 is 19.4 Å². The predicted octanol–water partition coefficient (Wildman–Crippen LogP) is 2.39. The van der Waals surface area contributed by atoms with E-state index in [2.05, 4.69) is 5.10 Å². The van der Waals surface area contributed by atoms with Gasteiger partial charge in [-0.25, -0.2) is 0 Å². The van der Waals surface area contributed by atoms with Gasteiger partial charge in [0.25, 0.3) is 0 Å². The van der Waals surface area contributed by atoms with Gasteiger partial charge in [-0.15, -0.1) is 0 Å². The topological polar surface area (TPSA) is 81.4 Å². The standard InChI is InChI=1S/C18H18N2O4/c1-20-12-14(11-19-20)4-7-16(22)10-15(21)6-3-13-5-8-17(23)18(9-13)24-2/h3-9,11-12,23H,10H2,1-2H3/b6-3+,7-4+. The number of hydrogen-bond acceptors (Lipinski definition) is 5. The second-order valence-corrected chi connectivity index (χ2v) is 5.15. The molecule has 0 saturated heterocycles. The molecule has 0 amide bonds. The largest absolute Gasteiger partial charge is 0.504 e. The highest BCUT2D eigenvalue weighted by molar-refractivity contribution is 6.10. The monoisotopic (exact) mass is 326 g/mol. The van der Waals surface area contributed by atoms with Crippen LogP contribution in [0.25, 0.3) is 12.2 Å². The van der Waals surface area contributed by atoms with E-state index in [9.17, 15) is 14.7 Å². The minimum Gasteiger partial charge on any atom is -0.504 e. The summed E-state index contributed by atoms with van der Waals surface area (Å²) in [5, 5.41) is 13.5. The third kappa shape index (κ3) is 4.95. The lowest BCUT2D eigenvalue weighted by molar-refractivity contribution is -0.121. The van der Waals surface area contributed by atoms with Crippen molar-refractivity contribution in [3.05, 3.63) is 53.9 Å². The number of phenolic OH excluding ortho intramolecular Hbond substituents is 1. The number of nitrogens with zero attached hydrogens (tertiary/aromatic N) is 2. The highest BCUT2D eigenvalue weighted by atomic mass is 16.5. The number of aromatic nitrogens is 2. The van der Waals surface area contributed by atoms with Crippen molar-refractivity contribution >= 4 is 23.7 Å². The van der Waals surface area contributed by atoms with Crippen LogP contribution >= 0.6 is 0 Å². The van der Waals surface area contributed by atoms with Crippen molar-refractivity contribution in [3.8, 4) is 11.5 Å². The van der Waals surface area contributed by atoms with E-state index >= 15 is 0 Å². The molecule has 0 aliphatic rings. The third-order valence-corrected chi connectivity index (χ3v) is 3.20. The van der Waals surface area contributed by atoms with Gasteiger partial charge in [0.1, 0.15) is 0 Å². The number of phenols is 1. The number of ether oxygens (including phenoxy) is 1.